The number of benzene rings is 2. The number of hydrogen-bond acceptors (Lipinski definition) is 6. The maximum absolute atomic E-state index is 5.26. The fourth-order valence-corrected chi connectivity index (χ4v) is 5.81. The molecular weight excluding hydrogens is 468 g/mol. The highest BCUT2D eigenvalue weighted by atomic mass is 32.2. The van der Waals surface area contributed by atoms with Crippen LogP contribution in [0.5, 0.6) is 0 Å². The molecule has 0 radical (unpaired) electrons. The monoisotopic (exact) mass is 498 g/mol. The molecule has 184 valence electrons. The molecule has 0 atom stereocenters. The maximum atomic E-state index is 5.26. The summed E-state index contributed by atoms with van der Waals surface area (Å²) in [7, 11) is 2.05. The predicted octanol–water partition coefficient (Wildman–Crippen LogP) is 5.51. The molecule has 1 N–H and O–H groups in total. The van der Waals surface area contributed by atoms with Crippen molar-refractivity contribution in [2.24, 2.45) is 7.05 Å². The van der Waals surface area contributed by atoms with E-state index in [-0.39, 0.29) is 0 Å². The van der Waals surface area contributed by atoms with Crippen molar-refractivity contribution in [3.05, 3.63) is 71.5 Å². The zero-order chi connectivity index (χ0) is 24.5. The summed E-state index contributed by atoms with van der Waals surface area (Å²) in [6.07, 6.45) is 3.29. The molecule has 2 aromatic carbocycles. The van der Waals surface area contributed by atoms with Crippen molar-refractivity contribution in [2.45, 2.75) is 31.3 Å². The molecule has 0 saturated carbocycles. The van der Waals surface area contributed by atoms with Gasteiger partial charge in [0, 0.05) is 48.4 Å². The minimum absolute atomic E-state index is 0.847. The van der Waals surface area contributed by atoms with Gasteiger partial charge in [-0.3, -0.25) is 0 Å². The van der Waals surface area contributed by atoms with Crippen LogP contribution >= 0.6 is 11.8 Å². The first kappa shape index (κ1) is 23.1. The Kier molecular flexibility index (Phi) is 6.37. The summed E-state index contributed by atoms with van der Waals surface area (Å²) >= 11 is 1.79. The van der Waals surface area contributed by atoms with Crippen molar-refractivity contribution in [3.8, 4) is 22.8 Å². The number of aromatic amines is 1. The largest absolute Gasteiger partial charge is 0.361 e. The smallest absolute Gasteiger partial charge is 0.191 e. The lowest BCUT2D eigenvalue weighted by atomic mass is 9.99. The van der Waals surface area contributed by atoms with Crippen LogP contribution in [0, 0.1) is 6.92 Å². The highest BCUT2D eigenvalue weighted by Gasteiger charge is 2.17. The summed E-state index contributed by atoms with van der Waals surface area (Å²) in [5, 5.41) is 15.2. The van der Waals surface area contributed by atoms with Gasteiger partial charge in [-0.2, -0.15) is 0 Å². The Hall–Kier alpha value is -3.36. The first-order valence-corrected chi connectivity index (χ1v) is 13.5. The van der Waals surface area contributed by atoms with Crippen LogP contribution in [0.3, 0.4) is 0 Å². The van der Waals surface area contributed by atoms with Gasteiger partial charge in [-0.05, 0) is 62.1 Å². The third kappa shape index (κ3) is 4.70. The fraction of sp³-hybridized carbons (Fsp3) is 0.321. The van der Waals surface area contributed by atoms with Gasteiger partial charge in [-0.25, -0.2) is 0 Å². The first-order chi connectivity index (χ1) is 17.6. The van der Waals surface area contributed by atoms with Crippen LogP contribution in [0.25, 0.3) is 33.7 Å². The third-order valence-electron chi connectivity index (χ3n) is 6.98. The number of hydrogen-bond donors (Lipinski definition) is 1. The summed E-state index contributed by atoms with van der Waals surface area (Å²) in [4.78, 5) is 6.05. The summed E-state index contributed by atoms with van der Waals surface area (Å²) in [5.74, 6) is 2.75. The van der Waals surface area contributed by atoms with Crippen LogP contribution < -0.4 is 0 Å². The average Bonchev–Trinajstić information content (AvgIpc) is 3.57. The highest BCUT2D eigenvalue weighted by molar-refractivity contribution is 7.99. The van der Waals surface area contributed by atoms with Crippen molar-refractivity contribution in [1.82, 2.24) is 29.8 Å². The molecule has 3 aromatic heterocycles. The standard InChI is InChI=1S/C28H30N6OS/c1-19-16-25(32-35-19)23-9-8-20-10-13-34(14-11-21(20)17-23)12-5-15-36-28-31-30-27(33(28)2)26-18-22-6-3-4-7-24(22)29-26/h3-4,6-9,16-18,29H,5,10-15H2,1-2H3. The highest BCUT2D eigenvalue weighted by Crippen LogP contribution is 2.27. The number of nitrogens with one attached hydrogen (secondary N) is 1. The summed E-state index contributed by atoms with van der Waals surface area (Å²) in [6.45, 7) is 5.23. The zero-order valence-corrected chi connectivity index (χ0v) is 21.5. The number of aryl methyl sites for hydroxylation is 1. The lowest BCUT2D eigenvalue weighted by Gasteiger charge is -2.19. The summed E-state index contributed by atoms with van der Waals surface area (Å²) in [6, 6.07) is 19.2. The molecule has 4 heterocycles. The lowest BCUT2D eigenvalue weighted by Crippen LogP contribution is -2.27. The normalized spacial score (nSPS) is 14.3. The molecule has 8 heteroatoms. The minimum atomic E-state index is 0.847. The topological polar surface area (TPSA) is 75.8 Å². The van der Waals surface area contributed by atoms with Gasteiger partial charge < -0.3 is 19.0 Å². The third-order valence-corrected chi connectivity index (χ3v) is 8.09. The Labute approximate surface area is 214 Å². The number of para-hydroxylation sites is 1. The van der Waals surface area contributed by atoms with Crippen LogP contribution in [-0.4, -0.2) is 55.2 Å². The van der Waals surface area contributed by atoms with Crippen molar-refractivity contribution in [1.29, 1.82) is 0 Å². The summed E-state index contributed by atoms with van der Waals surface area (Å²) in [5.41, 5.74) is 7.08. The number of nitrogens with zero attached hydrogens (tertiary/aromatic N) is 5. The molecule has 6 rings (SSSR count). The van der Waals surface area contributed by atoms with Crippen molar-refractivity contribution in [2.75, 3.05) is 25.4 Å². The molecule has 1 aliphatic heterocycles. The number of fused-ring (bicyclic) bond motifs is 2. The van der Waals surface area contributed by atoms with E-state index in [4.69, 9.17) is 4.52 Å². The minimum Gasteiger partial charge on any atom is -0.361 e. The Morgan fingerprint density at radius 3 is 2.69 bits per heavy atom. The quantitative estimate of drug-likeness (QED) is 0.236. The summed E-state index contributed by atoms with van der Waals surface area (Å²) < 4.78 is 7.35. The molecule has 0 fully saturated rings. The predicted molar refractivity (Wildman–Crippen MR) is 144 cm³/mol. The van der Waals surface area contributed by atoms with Gasteiger partial charge in [0.1, 0.15) is 11.5 Å². The Morgan fingerprint density at radius 2 is 1.86 bits per heavy atom. The van der Waals surface area contributed by atoms with Gasteiger partial charge in [0.05, 0.1) is 5.69 Å². The SMILES string of the molecule is Cc1cc(-c2ccc3c(c2)CCN(CCCSc2nnc(-c4cc5ccccc5[nH]4)n2C)CC3)no1. The number of H-pyrrole nitrogens is 1. The van der Waals surface area contributed by atoms with E-state index in [0.29, 0.717) is 0 Å². The molecule has 5 aromatic rings. The fourth-order valence-electron chi connectivity index (χ4n) is 4.98. The van der Waals surface area contributed by atoms with Crippen LogP contribution in [0.15, 0.2) is 64.3 Å². The van der Waals surface area contributed by atoms with E-state index in [1.54, 1.807) is 11.8 Å². The maximum Gasteiger partial charge on any atom is 0.191 e. The van der Waals surface area contributed by atoms with Gasteiger partial charge in [-0.1, -0.05) is 47.3 Å². The number of thioether (sulfide) groups is 1. The second-order valence-corrected chi connectivity index (χ2v) is 10.5. The van der Waals surface area contributed by atoms with Crippen LogP contribution in [0.1, 0.15) is 23.3 Å². The van der Waals surface area contributed by atoms with E-state index in [2.05, 4.69) is 72.3 Å². The van der Waals surface area contributed by atoms with Crippen molar-refractivity contribution >= 4 is 22.7 Å². The van der Waals surface area contributed by atoms with E-state index < -0.39 is 0 Å². The van der Waals surface area contributed by atoms with E-state index in [0.717, 1.165) is 83.9 Å². The van der Waals surface area contributed by atoms with Crippen LogP contribution in [0.4, 0.5) is 0 Å². The van der Waals surface area contributed by atoms with E-state index in [1.807, 2.05) is 26.1 Å². The second-order valence-electron chi connectivity index (χ2n) is 9.49. The lowest BCUT2D eigenvalue weighted by molar-refractivity contribution is 0.289. The molecule has 0 amide bonds. The molecule has 7 nitrogen and oxygen atoms in total. The first-order valence-electron chi connectivity index (χ1n) is 12.5. The van der Waals surface area contributed by atoms with E-state index >= 15 is 0 Å². The average molecular weight is 499 g/mol. The van der Waals surface area contributed by atoms with Crippen LogP contribution in [-0.2, 0) is 19.9 Å². The molecule has 1 aliphatic rings. The Balaban J connectivity index is 1.02. The molecular formula is C28H30N6OS. The zero-order valence-electron chi connectivity index (χ0n) is 20.7. The number of aromatic nitrogens is 5. The molecule has 0 spiro atoms. The Morgan fingerprint density at radius 1 is 1.00 bits per heavy atom. The van der Waals surface area contributed by atoms with E-state index in [1.165, 1.54) is 16.5 Å². The van der Waals surface area contributed by atoms with E-state index in [9.17, 15) is 0 Å². The van der Waals surface area contributed by atoms with Crippen molar-refractivity contribution < 1.29 is 4.52 Å². The molecule has 0 aliphatic carbocycles. The second kappa shape index (κ2) is 9.95. The van der Waals surface area contributed by atoms with Gasteiger partial charge in [0.25, 0.3) is 0 Å². The molecule has 0 unspecified atom stereocenters. The molecule has 0 bridgehead atoms. The molecule has 36 heavy (non-hydrogen) atoms. The van der Waals surface area contributed by atoms with Crippen LogP contribution in [0.2, 0.25) is 0 Å². The van der Waals surface area contributed by atoms with Gasteiger partial charge >= 0.3 is 0 Å². The number of rotatable bonds is 7. The van der Waals surface area contributed by atoms with Gasteiger partial charge in [-0.15, -0.1) is 10.2 Å². The Bertz CT molecular complexity index is 1470. The molecule has 0 saturated heterocycles. The van der Waals surface area contributed by atoms with Gasteiger partial charge in [0.2, 0.25) is 0 Å². The van der Waals surface area contributed by atoms with Crippen molar-refractivity contribution in [3.63, 3.8) is 0 Å². The van der Waals surface area contributed by atoms with Gasteiger partial charge in [0.15, 0.2) is 11.0 Å².